The zero-order chi connectivity index (χ0) is 31.2. The van der Waals surface area contributed by atoms with E-state index in [0.29, 0.717) is 5.39 Å². The lowest BCUT2D eigenvalue weighted by atomic mass is 10.1. The number of thiol groups is 1. The molecule has 43 heavy (non-hydrogen) atoms. The van der Waals surface area contributed by atoms with Crippen LogP contribution in [0.1, 0.15) is 66.5 Å². The molecule has 2 aromatic rings. The Morgan fingerprint density at radius 3 is 2.49 bits per heavy atom. The maximum atomic E-state index is 13.7. The first-order chi connectivity index (χ1) is 20.4. The van der Waals surface area contributed by atoms with Crippen molar-refractivity contribution in [1.82, 2.24) is 19.7 Å². The summed E-state index contributed by atoms with van der Waals surface area (Å²) in [5.74, 6) is -0.718. The van der Waals surface area contributed by atoms with Crippen LogP contribution in [0.2, 0.25) is 5.28 Å². The van der Waals surface area contributed by atoms with Crippen molar-refractivity contribution in [2.24, 2.45) is 0 Å². The Hall–Kier alpha value is -1.55. The first kappa shape index (κ1) is 32.8. The van der Waals surface area contributed by atoms with Gasteiger partial charge in [-0.15, -0.1) is 0 Å². The summed E-state index contributed by atoms with van der Waals surface area (Å²) in [7, 11) is -3.71. The van der Waals surface area contributed by atoms with Gasteiger partial charge in [0.25, 0.3) is 0 Å². The molecule has 2 aliphatic heterocycles. The number of halogens is 1. The summed E-state index contributed by atoms with van der Waals surface area (Å²) in [6.07, 6.45) is 0.958. The monoisotopic (exact) mass is 663 g/mol. The van der Waals surface area contributed by atoms with Gasteiger partial charge in [0.2, 0.25) is 5.28 Å². The predicted octanol–water partition coefficient (Wildman–Crippen LogP) is 5.25. The molecular formula is C26H39ClN5O9PS. The molecule has 4 heterocycles. The van der Waals surface area contributed by atoms with Crippen LogP contribution in [-0.2, 0) is 32.6 Å². The van der Waals surface area contributed by atoms with Gasteiger partial charge in [0.15, 0.2) is 28.8 Å². The zero-order valence-electron chi connectivity index (χ0n) is 24.8. The lowest BCUT2D eigenvalue weighted by Gasteiger charge is -2.35. The molecule has 5 rings (SSSR count). The maximum Gasteiger partial charge on any atom is 0.413 e. The third-order valence-electron chi connectivity index (χ3n) is 7.93. The van der Waals surface area contributed by atoms with Gasteiger partial charge in [0.1, 0.15) is 18.3 Å². The highest BCUT2D eigenvalue weighted by molar-refractivity contribution is 7.81. The average Bonchev–Trinajstić information content (AvgIpc) is 3.72. The van der Waals surface area contributed by atoms with Crippen LogP contribution in [0.4, 0.5) is 10.6 Å². The molecule has 17 heteroatoms. The van der Waals surface area contributed by atoms with Crippen molar-refractivity contribution < 1.29 is 42.5 Å². The minimum Gasteiger partial charge on any atom is -0.465 e. The van der Waals surface area contributed by atoms with Crippen molar-refractivity contribution >= 4 is 54.8 Å². The van der Waals surface area contributed by atoms with Crippen molar-refractivity contribution in [3.63, 3.8) is 0 Å². The van der Waals surface area contributed by atoms with Crippen molar-refractivity contribution in [3.8, 4) is 0 Å². The number of aromatic nitrogens is 4. The molecule has 5 atom stereocenters. The van der Waals surface area contributed by atoms with Gasteiger partial charge in [0.05, 0.1) is 31.4 Å². The predicted molar refractivity (Wildman–Crippen MR) is 160 cm³/mol. The molecule has 1 aliphatic carbocycles. The topological polar surface area (TPSA) is 157 Å². The van der Waals surface area contributed by atoms with Crippen LogP contribution in [-0.4, -0.2) is 92.0 Å². The van der Waals surface area contributed by atoms with Crippen LogP contribution < -0.4 is 4.90 Å². The van der Waals surface area contributed by atoms with Crippen LogP contribution in [0.15, 0.2) is 6.20 Å². The lowest BCUT2D eigenvalue weighted by molar-refractivity contribution is -0.205. The van der Waals surface area contributed by atoms with Crippen LogP contribution in [0.3, 0.4) is 0 Å². The van der Waals surface area contributed by atoms with E-state index in [2.05, 4.69) is 27.7 Å². The van der Waals surface area contributed by atoms with Crippen LogP contribution >= 0.6 is 31.8 Å². The fraction of sp³-hybridized carbons (Fsp3) is 0.769. The van der Waals surface area contributed by atoms with Crippen molar-refractivity contribution in [2.75, 3.05) is 30.5 Å². The highest BCUT2D eigenvalue weighted by atomic mass is 35.5. The van der Waals surface area contributed by atoms with Crippen LogP contribution in [0, 0.1) is 0 Å². The summed E-state index contributed by atoms with van der Waals surface area (Å²) in [5, 5.41) is 13.6. The Morgan fingerprint density at radius 1 is 1.23 bits per heavy atom. The zero-order valence-corrected chi connectivity index (χ0v) is 27.4. The second kappa shape index (κ2) is 12.7. The van der Waals surface area contributed by atoms with E-state index in [1.54, 1.807) is 34.6 Å². The first-order valence-corrected chi connectivity index (χ1v) is 17.0. The van der Waals surface area contributed by atoms with Gasteiger partial charge in [-0.2, -0.15) is 27.7 Å². The number of anilines is 1. The molecule has 0 spiro atoms. The summed E-state index contributed by atoms with van der Waals surface area (Å²) in [6, 6.07) is -0.221. The number of ether oxygens (including phenoxy) is 4. The third-order valence-corrected chi connectivity index (χ3v) is 11.6. The van der Waals surface area contributed by atoms with Gasteiger partial charge in [0, 0.05) is 11.8 Å². The van der Waals surface area contributed by atoms with E-state index < -0.39 is 49.4 Å². The SMILES string of the molecule is CCOP(=O)(OCC)C(C)(CS)OC[C@H]1O[C@@H](n2ncc3c(N(C(=O)O)C4CCCC4)nc(Cl)nc32)[C@@H]2OC(C)(C)O[C@@H]21. The molecule has 1 N–H and O–H groups in total. The van der Waals surface area contributed by atoms with E-state index in [4.69, 9.17) is 39.6 Å². The summed E-state index contributed by atoms with van der Waals surface area (Å²) < 4.78 is 51.4. The average molecular weight is 664 g/mol. The second-order valence-corrected chi connectivity index (χ2v) is 14.5. The lowest BCUT2D eigenvalue weighted by Crippen LogP contribution is -2.39. The van der Waals surface area contributed by atoms with Gasteiger partial charge < -0.3 is 33.1 Å². The number of amides is 1. The minimum atomic E-state index is -3.71. The summed E-state index contributed by atoms with van der Waals surface area (Å²) >= 11 is 10.8. The van der Waals surface area contributed by atoms with Gasteiger partial charge >= 0.3 is 13.7 Å². The third kappa shape index (κ3) is 6.17. The maximum absolute atomic E-state index is 13.7. The van der Waals surface area contributed by atoms with Gasteiger partial charge in [-0.05, 0) is 59.1 Å². The van der Waals surface area contributed by atoms with E-state index in [1.807, 2.05) is 0 Å². The fourth-order valence-corrected chi connectivity index (χ4v) is 8.43. The highest BCUT2D eigenvalue weighted by Crippen LogP contribution is 2.61. The van der Waals surface area contributed by atoms with Crippen molar-refractivity contribution in [2.45, 2.75) is 102 Å². The molecule has 14 nitrogen and oxygen atoms in total. The number of carbonyl (C=O) groups is 1. The molecule has 2 aromatic heterocycles. The molecule has 1 amide bonds. The number of carboxylic acid groups (broad SMARTS) is 1. The second-order valence-electron chi connectivity index (χ2n) is 11.3. The quantitative estimate of drug-likeness (QED) is 0.173. The Labute approximate surface area is 260 Å². The molecule has 3 aliphatic rings. The molecule has 0 radical (unpaired) electrons. The first-order valence-electron chi connectivity index (χ1n) is 14.4. The number of hydrogen-bond acceptors (Lipinski definition) is 12. The number of nitrogens with zero attached hydrogens (tertiary/aromatic N) is 5. The molecule has 1 saturated carbocycles. The summed E-state index contributed by atoms with van der Waals surface area (Å²) in [5.41, 5.74) is 0.287. The largest absolute Gasteiger partial charge is 0.465 e. The highest BCUT2D eigenvalue weighted by Gasteiger charge is 2.58. The van der Waals surface area contributed by atoms with E-state index in [-0.39, 0.29) is 48.4 Å². The Morgan fingerprint density at radius 2 is 1.88 bits per heavy atom. The van der Waals surface area contributed by atoms with E-state index in [1.165, 1.54) is 15.8 Å². The number of fused-ring (bicyclic) bond motifs is 2. The minimum absolute atomic E-state index is 0.0486. The van der Waals surface area contributed by atoms with Crippen molar-refractivity contribution in [3.05, 3.63) is 11.5 Å². The molecule has 3 fully saturated rings. The number of rotatable bonds is 12. The Kier molecular flexibility index (Phi) is 9.68. The molecule has 0 bridgehead atoms. The van der Waals surface area contributed by atoms with Gasteiger partial charge in [-0.1, -0.05) is 12.8 Å². The Bertz CT molecular complexity index is 1370. The standard InChI is InChI=1S/C26H39ClN5O9PS/c1-6-37-42(35,38-7-2)26(5,14-43)36-13-17-18-19(41-25(3,4)40-18)22(39-17)32-21-16(12-28-32)20(29-23(27)30-21)31(24(33)34)15-10-8-9-11-15/h12,15,17-19,22,43H,6-11,13-14H2,1-5H3,(H,33,34)/t17-,18-,19-,22-,26?/m1/s1. The summed E-state index contributed by atoms with van der Waals surface area (Å²) in [4.78, 5) is 22.3. The van der Waals surface area contributed by atoms with Crippen LogP contribution in [0.25, 0.3) is 11.0 Å². The normalized spacial score (nSPS) is 27.0. The van der Waals surface area contributed by atoms with Crippen molar-refractivity contribution in [1.29, 1.82) is 0 Å². The van der Waals surface area contributed by atoms with Crippen LogP contribution in [0.5, 0.6) is 0 Å². The molecular weight excluding hydrogens is 625 g/mol. The van der Waals surface area contributed by atoms with E-state index in [0.717, 1.165) is 25.7 Å². The smallest absolute Gasteiger partial charge is 0.413 e. The van der Waals surface area contributed by atoms with Gasteiger partial charge in [-0.3, -0.25) is 9.46 Å². The number of hydrogen-bond donors (Lipinski definition) is 2. The van der Waals surface area contributed by atoms with E-state index >= 15 is 0 Å². The molecule has 2 saturated heterocycles. The molecule has 0 aromatic carbocycles. The molecule has 240 valence electrons. The fourth-order valence-electron chi connectivity index (χ4n) is 5.95. The molecule has 1 unspecified atom stereocenters. The van der Waals surface area contributed by atoms with Gasteiger partial charge in [-0.25, -0.2) is 9.48 Å². The van der Waals surface area contributed by atoms with E-state index in [9.17, 15) is 14.5 Å². The summed E-state index contributed by atoms with van der Waals surface area (Å²) in [6.45, 7) is 8.96. The Balaban J connectivity index is 1.47.